The molecule has 0 radical (unpaired) electrons. The van der Waals surface area contributed by atoms with Crippen LogP contribution in [-0.4, -0.2) is 40.5 Å². The molecular weight excluding hydrogens is 324 g/mol. The second kappa shape index (κ2) is 6.92. The number of hydrogen-bond donors (Lipinski definition) is 1. The highest BCUT2D eigenvalue weighted by Crippen LogP contribution is 2.27. The number of aryl methyl sites for hydroxylation is 1. The largest absolute Gasteiger partial charge is 0.481 e. The second-order valence-electron chi connectivity index (χ2n) is 5.67. The van der Waals surface area contributed by atoms with Gasteiger partial charge < -0.3 is 19.5 Å². The van der Waals surface area contributed by atoms with Crippen molar-refractivity contribution in [2.24, 2.45) is 0 Å². The Kier molecular flexibility index (Phi) is 4.69. The van der Waals surface area contributed by atoms with Crippen LogP contribution >= 0.6 is 0 Å². The third kappa shape index (κ3) is 3.07. The Balaban J connectivity index is 1.80. The van der Waals surface area contributed by atoms with E-state index >= 15 is 0 Å². The summed E-state index contributed by atoms with van der Waals surface area (Å²) in [5, 5.41) is 6.45. The maximum atomic E-state index is 12.3. The lowest BCUT2D eigenvalue weighted by Gasteiger charge is -2.10. The van der Waals surface area contributed by atoms with Crippen molar-refractivity contribution in [1.29, 1.82) is 0 Å². The molecule has 0 fully saturated rings. The van der Waals surface area contributed by atoms with Crippen LogP contribution < -0.4 is 10.1 Å². The van der Waals surface area contributed by atoms with Gasteiger partial charge in [0.25, 0.3) is 11.8 Å². The first-order valence-corrected chi connectivity index (χ1v) is 8.16. The monoisotopic (exact) mass is 344 g/mol. The molecule has 0 saturated heterocycles. The number of methoxy groups -OCH3 is 1. The van der Waals surface area contributed by atoms with Crippen molar-refractivity contribution in [1.82, 2.24) is 20.4 Å². The molecule has 0 unspecified atom stereocenters. The maximum Gasteiger partial charge on any atom is 0.256 e. The van der Waals surface area contributed by atoms with Crippen molar-refractivity contribution in [2.75, 3.05) is 13.7 Å². The van der Waals surface area contributed by atoms with Gasteiger partial charge in [-0.3, -0.25) is 9.59 Å². The summed E-state index contributed by atoms with van der Waals surface area (Å²) < 4.78 is 10.4. The van der Waals surface area contributed by atoms with E-state index in [4.69, 9.17) is 9.26 Å². The molecule has 132 valence electrons. The lowest BCUT2D eigenvalue weighted by atomic mass is 10.1. The van der Waals surface area contributed by atoms with Crippen molar-refractivity contribution in [2.45, 2.75) is 33.4 Å². The van der Waals surface area contributed by atoms with Crippen LogP contribution in [0.3, 0.4) is 0 Å². The van der Waals surface area contributed by atoms with Crippen LogP contribution in [-0.2, 0) is 19.5 Å². The van der Waals surface area contributed by atoms with E-state index in [0.717, 1.165) is 0 Å². The van der Waals surface area contributed by atoms with Gasteiger partial charge >= 0.3 is 0 Å². The van der Waals surface area contributed by atoms with Gasteiger partial charge in [-0.25, -0.2) is 4.98 Å². The van der Waals surface area contributed by atoms with Gasteiger partial charge in [-0.15, -0.1) is 0 Å². The van der Waals surface area contributed by atoms with Gasteiger partial charge in [0, 0.05) is 25.1 Å². The Labute approximate surface area is 145 Å². The summed E-state index contributed by atoms with van der Waals surface area (Å²) in [5.74, 6) is 0.603. The van der Waals surface area contributed by atoms with E-state index in [1.165, 1.54) is 13.3 Å². The van der Waals surface area contributed by atoms with E-state index in [9.17, 15) is 9.59 Å². The van der Waals surface area contributed by atoms with Crippen molar-refractivity contribution in [3.63, 3.8) is 0 Å². The van der Waals surface area contributed by atoms with Gasteiger partial charge in [-0.1, -0.05) is 12.1 Å². The minimum atomic E-state index is -0.290. The lowest BCUT2D eigenvalue weighted by Crippen LogP contribution is -2.24. The summed E-state index contributed by atoms with van der Waals surface area (Å²) in [7, 11) is 1.52. The summed E-state index contributed by atoms with van der Waals surface area (Å²) >= 11 is 0. The van der Waals surface area contributed by atoms with Crippen LogP contribution in [0.25, 0.3) is 0 Å². The molecule has 25 heavy (non-hydrogen) atoms. The number of carbonyl (C=O) groups excluding carboxylic acids is 2. The maximum absolute atomic E-state index is 12.3. The summed E-state index contributed by atoms with van der Waals surface area (Å²) in [5.41, 5.74) is 2.32. The quantitative estimate of drug-likeness (QED) is 0.854. The van der Waals surface area contributed by atoms with Gasteiger partial charge in [-0.2, -0.15) is 0 Å². The number of rotatable bonds is 6. The van der Waals surface area contributed by atoms with E-state index < -0.39 is 0 Å². The smallest absolute Gasteiger partial charge is 0.256 e. The van der Waals surface area contributed by atoms with Gasteiger partial charge in [0.15, 0.2) is 0 Å². The molecule has 0 saturated carbocycles. The number of amides is 2. The molecule has 8 heteroatoms. The highest BCUT2D eigenvalue weighted by molar-refractivity contribution is 5.98. The summed E-state index contributed by atoms with van der Waals surface area (Å²) in [6, 6.07) is 1.74. The normalized spacial score (nSPS) is 13.1. The number of ether oxygens (including phenoxy) is 1. The number of fused-ring (bicyclic) bond motifs is 1. The SMILES string of the molecule is CCc1oncc1C(=O)NCc1cc2c(nc1OC)CN(CC)C2=O. The molecule has 3 rings (SSSR count). The van der Waals surface area contributed by atoms with Gasteiger partial charge in [0.05, 0.1) is 31.1 Å². The highest BCUT2D eigenvalue weighted by Gasteiger charge is 2.29. The Morgan fingerprint density at radius 1 is 1.44 bits per heavy atom. The molecule has 3 heterocycles. The zero-order chi connectivity index (χ0) is 18.0. The molecule has 1 aliphatic heterocycles. The fourth-order valence-corrected chi connectivity index (χ4v) is 2.84. The third-order valence-electron chi connectivity index (χ3n) is 4.22. The van der Waals surface area contributed by atoms with E-state index in [1.54, 1.807) is 11.0 Å². The van der Waals surface area contributed by atoms with Crippen LogP contribution in [0.4, 0.5) is 0 Å². The first-order chi connectivity index (χ1) is 12.1. The number of nitrogens with one attached hydrogen (secondary N) is 1. The molecule has 0 aromatic carbocycles. The predicted octanol–water partition coefficient (Wildman–Crippen LogP) is 1.55. The van der Waals surface area contributed by atoms with E-state index in [1.807, 2.05) is 13.8 Å². The average Bonchev–Trinajstić information content (AvgIpc) is 3.23. The fourth-order valence-electron chi connectivity index (χ4n) is 2.84. The third-order valence-corrected chi connectivity index (χ3v) is 4.22. The first kappa shape index (κ1) is 16.9. The van der Waals surface area contributed by atoms with Crippen LogP contribution in [0.5, 0.6) is 5.88 Å². The topological polar surface area (TPSA) is 97.6 Å². The molecule has 0 spiro atoms. The lowest BCUT2D eigenvalue weighted by molar-refractivity contribution is 0.0786. The first-order valence-electron chi connectivity index (χ1n) is 8.16. The Morgan fingerprint density at radius 3 is 2.92 bits per heavy atom. The molecule has 2 aromatic rings. The molecule has 2 aromatic heterocycles. The van der Waals surface area contributed by atoms with Crippen molar-refractivity contribution < 1.29 is 18.8 Å². The number of nitrogens with zero attached hydrogens (tertiary/aromatic N) is 3. The fraction of sp³-hybridized carbons (Fsp3) is 0.412. The van der Waals surface area contributed by atoms with Crippen LogP contribution in [0.2, 0.25) is 0 Å². The van der Waals surface area contributed by atoms with E-state index in [2.05, 4.69) is 15.5 Å². The molecule has 0 aliphatic carbocycles. The van der Waals surface area contributed by atoms with Crippen molar-refractivity contribution in [3.05, 3.63) is 40.4 Å². The van der Waals surface area contributed by atoms with Gasteiger partial charge in [-0.05, 0) is 13.0 Å². The van der Waals surface area contributed by atoms with E-state index in [-0.39, 0.29) is 18.4 Å². The number of hydrogen-bond acceptors (Lipinski definition) is 6. The number of carbonyl (C=O) groups is 2. The van der Waals surface area contributed by atoms with Crippen molar-refractivity contribution >= 4 is 11.8 Å². The number of aromatic nitrogens is 2. The Hall–Kier alpha value is -2.90. The van der Waals surface area contributed by atoms with Crippen molar-refractivity contribution in [3.8, 4) is 5.88 Å². The molecule has 0 atom stereocenters. The van der Waals surface area contributed by atoms with Gasteiger partial charge in [0.1, 0.15) is 11.3 Å². The van der Waals surface area contributed by atoms with E-state index in [0.29, 0.717) is 53.5 Å². The zero-order valence-corrected chi connectivity index (χ0v) is 14.5. The molecule has 8 nitrogen and oxygen atoms in total. The van der Waals surface area contributed by atoms with Crippen LogP contribution in [0.1, 0.15) is 51.6 Å². The average molecular weight is 344 g/mol. The molecule has 1 N–H and O–H groups in total. The summed E-state index contributed by atoms with van der Waals surface area (Å²) in [6.45, 7) is 5.10. The minimum Gasteiger partial charge on any atom is -0.481 e. The standard InChI is InChI=1S/C17H20N4O4/c1-4-14-12(8-19-25-14)15(22)18-7-10-6-11-13(20-16(10)24-3)9-21(5-2)17(11)23/h6,8H,4-5,7,9H2,1-3H3,(H,18,22). The molecule has 2 amide bonds. The highest BCUT2D eigenvalue weighted by atomic mass is 16.5. The molecular formula is C17H20N4O4. The minimum absolute atomic E-state index is 0.0486. The molecule has 0 bridgehead atoms. The molecule has 1 aliphatic rings. The second-order valence-corrected chi connectivity index (χ2v) is 5.67. The summed E-state index contributed by atoms with van der Waals surface area (Å²) in [6.07, 6.45) is 1.98. The zero-order valence-electron chi connectivity index (χ0n) is 14.5. The van der Waals surface area contributed by atoms with Gasteiger partial charge in [0.2, 0.25) is 5.88 Å². The Morgan fingerprint density at radius 2 is 2.24 bits per heavy atom. The number of pyridine rings is 1. The Bertz CT molecular complexity index is 815. The van der Waals surface area contributed by atoms with Crippen LogP contribution in [0.15, 0.2) is 16.8 Å². The predicted molar refractivity (Wildman–Crippen MR) is 88.3 cm³/mol. The summed E-state index contributed by atoms with van der Waals surface area (Å²) in [4.78, 5) is 30.8. The van der Waals surface area contributed by atoms with Crippen LogP contribution in [0, 0.1) is 0 Å².